The van der Waals surface area contributed by atoms with Crippen LogP contribution in [0.1, 0.15) is 27.7 Å². The van der Waals surface area contributed by atoms with E-state index < -0.39 is 7.12 Å². The van der Waals surface area contributed by atoms with Crippen LogP contribution in [0.3, 0.4) is 0 Å². The number of hydrogen-bond acceptors (Lipinski definition) is 19. The molecule has 1 fully saturated rings. The van der Waals surface area contributed by atoms with E-state index in [4.69, 9.17) is 65.4 Å². The summed E-state index contributed by atoms with van der Waals surface area (Å²) in [5, 5.41) is 8.93. The van der Waals surface area contributed by atoms with Crippen molar-refractivity contribution in [2.45, 2.75) is 38.9 Å². The molecule has 9 aromatic rings. The van der Waals surface area contributed by atoms with Gasteiger partial charge in [0.05, 0.1) is 72.7 Å². The van der Waals surface area contributed by atoms with Gasteiger partial charge in [0.15, 0.2) is 34.2 Å². The molecule has 0 amide bonds. The molecule has 19 nitrogen and oxygen atoms in total. The maximum absolute atomic E-state index is 8.57. The molecule has 0 bridgehead atoms. The fourth-order valence-electron chi connectivity index (χ4n) is 6.07. The Kier molecular flexibility index (Phi) is 17.3. The van der Waals surface area contributed by atoms with Crippen molar-refractivity contribution >= 4 is 58.0 Å². The molecule has 1 aliphatic rings. The Morgan fingerprint density at radius 1 is 0.557 bits per heavy atom. The first kappa shape index (κ1) is 50.7. The van der Waals surface area contributed by atoms with Crippen LogP contribution in [0.2, 0.25) is 10.6 Å². The van der Waals surface area contributed by atoms with E-state index in [-0.39, 0.29) is 27.5 Å². The lowest BCUT2D eigenvalue weighted by Crippen LogP contribution is -2.41. The number of oxazole rings is 2. The van der Waals surface area contributed by atoms with E-state index in [0.717, 1.165) is 38.8 Å². The predicted molar refractivity (Wildman–Crippen MR) is 262 cm³/mol. The van der Waals surface area contributed by atoms with E-state index in [0.29, 0.717) is 61.1 Å². The minimum atomic E-state index is -0.405. The van der Waals surface area contributed by atoms with Crippen LogP contribution < -0.4 is 14.9 Å². The number of methoxy groups -OCH3 is 2. The molecular formula is C48H47BCl2N10O9. The smallest absolute Gasteiger partial charge is 0.494 e. The van der Waals surface area contributed by atoms with Crippen molar-refractivity contribution in [3.8, 4) is 51.5 Å². The third-order valence-corrected chi connectivity index (χ3v) is 10.7. The van der Waals surface area contributed by atoms with Gasteiger partial charge in [-0.3, -0.25) is 9.97 Å². The first-order valence-corrected chi connectivity index (χ1v) is 22.2. The molecule has 0 unspecified atom stereocenters. The number of halogens is 2. The minimum absolute atomic E-state index is 0.0226. The average Bonchev–Trinajstić information content (AvgIpc) is 4.07. The van der Waals surface area contributed by atoms with E-state index in [2.05, 4.69) is 49.8 Å². The second kappa shape index (κ2) is 23.9. The first-order valence-electron chi connectivity index (χ1n) is 21.5. The van der Waals surface area contributed by atoms with Crippen LogP contribution >= 0.6 is 23.2 Å². The second-order valence-corrected chi connectivity index (χ2v) is 16.5. The zero-order chi connectivity index (χ0) is 49.5. The lowest BCUT2D eigenvalue weighted by molar-refractivity contribution is 0.00578. The van der Waals surface area contributed by atoms with Crippen LogP contribution in [-0.4, -0.2) is 114 Å². The standard InChI is InChI=1S/C19H16N4O3.C18H19BN2O3.C7H9ClN2O2.C4H3ClN2O/c1-24-7-8-25-15-11-21-18(22-12-15)13-4-5-17-16(9-13)23-19(26-17)14-3-2-6-20-10-14;1-17(2)18(3,4)24-19(23-17)13-7-8-15-14(10-13)21-16(22-15)12-6-5-9-20-11-12;1-11-2-3-12-6-4-9-7(8)10-5-6;5-4-6-1-3(8)2-7-4/h2-6,9-12H,7-8H2,1H3;5-11H,1-4H3;4-5H,2-3H2,1H3;1-2,8H. The van der Waals surface area contributed by atoms with Crippen molar-refractivity contribution in [1.82, 2.24) is 49.8 Å². The van der Waals surface area contributed by atoms with E-state index in [1.807, 2.05) is 88.4 Å². The van der Waals surface area contributed by atoms with Gasteiger partial charge in [0.1, 0.15) is 24.2 Å². The number of nitrogens with zero attached hydrogens (tertiary/aromatic N) is 10. The highest BCUT2D eigenvalue weighted by atomic mass is 35.5. The summed E-state index contributed by atoms with van der Waals surface area (Å²) in [6.07, 6.45) is 15.7. The highest BCUT2D eigenvalue weighted by Crippen LogP contribution is 2.37. The quantitative estimate of drug-likeness (QED) is 0.0686. The van der Waals surface area contributed by atoms with Crippen molar-refractivity contribution in [2.75, 3.05) is 40.6 Å². The first-order chi connectivity index (χ1) is 33.8. The summed E-state index contributed by atoms with van der Waals surface area (Å²) in [7, 11) is 2.84. The molecule has 10 rings (SSSR count). The number of aromatic nitrogens is 10. The molecule has 1 aliphatic heterocycles. The van der Waals surface area contributed by atoms with Gasteiger partial charge < -0.3 is 42.2 Å². The molecule has 1 saturated heterocycles. The molecule has 0 aliphatic carbocycles. The predicted octanol–water partition coefficient (Wildman–Crippen LogP) is 8.55. The van der Waals surface area contributed by atoms with Gasteiger partial charge in [0.2, 0.25) is 22.3 Å². The Hall–Kier alpha value is -7.20. The molecule has 22 heteroatoms. The molecule has 0 radical (unpaired) electrons. The molecule has 360 valence electrons. The third kappa shape index (κ3) is 13.7. The molecule has 7 aromatic heterocycles. The normalized spacial score (nSPS) is 13.3. The van der Waals surface area contributed by atoms with E-state index in [1.165, 1.54) is 24.8 Å². The average molecular weight is 990 g/mol. The van der Waals surface area contributed by atoms with Crippen molar-refractivity contribution in [3.63, 3.8) is 0 Å². The molecule has 0 saturated carbocycles. The summed E-state index contributed by atoms with van der Waals surface area (Å²) in [5.41, 5.74) is 5.70. The van der Waals surface area contributed by atoms with E-state index in [9.17, 15) is 0 Å². The summed E-state index contributed by atoms with van der Waals surface area (Å²) in [6, 6.07) is 19.0. The largest absolute Gasteiger partial charge is 0.505 e. The fourth-order valence-corrected chi connectivity index (χ4v) is 6.26. The summed E-state index contributed by atoms with van der Waals surface area (Å²) >= 11 is 10.7. The molecule has 0 spiro atoms. The SMILES string of the molecule is CC1(C)OB(c2ccc3oc(-c4cccnc4)nc3c2)OC1(C)C.COCCOc1cnc(-c2ccc3oc(-c4cccnc4)nc3c2)nc1.COCCOc1cnc(Cl)nc1.Oc1cnc(Cl)nc1. The second-order valence-electron chi connectivity index (χ2n) is 15.8. The van der Waals surface area contributed by atoms with Crippen LogP contribution in [0.25, 0.3) is 56.5 Å². The third-order valence-electron chi connectivity index (χ3n) is 10.3. The van der Waals surface area contributed by atoms with Crippen molar-refractivity contribution in [3.05, 3.63) is 133 Å². The zero-order valence-corrected chi connectivity index (χ0v) is 40.4. The molecular weight excluding hydrogens is 942 g/mol. The van der Waals surface area contributed by atoms with Gasteiger partial charge in [-0.15, -0.1) is 0 Å². The van der Waals surface area contributed by atoms with Gasteiger partial charge >= 0.3 is 7.12 Å². The molecule has 2 aromatic carbocycles. The van der Waals surface area contributed by atoms with Gasteiger partial charge in [-0.2, -0.15) is 0 Å². The van der Waals surface area contributed by atoms with E-state index >= 15 is 0 Å². The van der Waals surface area contributed by atoms with Crippen molar-refractivity contribution in [1.29, 1.82) is 0 Å². The minimum Gasteiger partial charge on any atom is -0.505 e. The lowest BCUT2D eigenvalue weighted by atomic mass is 9.79. The number of fused-ring (bicyclic) bond motifs is 2. The van der Waals surface area contributed by atoms with Gasteiger partial charge in [-0.05, 0) is 111 Å². The lowest BCUT2D eigenvalue weighted by Gasteiger charge is -2.32. The summed E-state index contributed by atoms with van der Waals surface area (Å²) in [5.74, 6) is 2.91. The van der Waals surface area contributed by atoms with Crippen LogP contribution in [0, 0.1) is 0 Å². The van der Waals surface area contributed by atoms with Crippen LogP contribution in [0.15, 0.2) is 131 Å². The number of rotatable bonds is 12. The van der Waals surface area contributed by atoms with Gasteiger partial charge in [-0.25, -0.2) is 39.9 Å². The van der Waals surface area contributed by atoms with Crippen LogP contribution in [0.4, 0.5) is 0 Å². The van der Waals surface area contributed by atoms with Gasteiger partial charge in [0.25, 0.3) is 0 Å². The number of pyridine rings is 2. The van der Waals surface area contributed by atoms with Gasteiger partial charge in [0, 0.05) is 44.6 Å². The highest BCUT2D eigenvalue weighted by molar-refractivity contribution is 6.62. The summed E-state index contributed by atoms with van der Waals surface area (Å²) in [4.78, 5) is 40.5. The Labute approximate surface area is 412 Å². The topological polar surface area (TPSA) is 231 Å². The van der Waals surface area contributed by atoms with Crippen molar-refractivity contribution in [2.24, 2.45) is 0 Å². The van der Waals surface area contributed by atoms with Gasteiger partial charge in [-0.1, -0.05) is 6.07 Å². The van der Waals surface area contributed by atoms with Crippen LogP contribution in [-0.2, 0) is 18.8 Å². The molecule has 8 heterocycles. The highest BCUT2D eigenvalue weighted by Gasteiger charge is 2.51. The molecule has 70 heavy (non-hydrogen) atoms. The Balaban J connectivity index is 0.000000150. The maximum atomic E-state index is 8.57. The molecule has 1 N–H and O–H groups in total. The van der Waals surface area contributed by atoms with E-state index in [1.54, 1.807) is 51.4 Å². The number of aromatic hydroxyl groups is 1. The van der Waals surface area contributed by atoms with Crippen molar-refractivity contribution < 1.29 is 42.2 Å². The molecule has 0 atom stereocenters. The summed E-state index contributed by atoms with van der Waals surface area (Å²) < 4.78 is 44.2. The zero-order valence-electron chi connectivity index (χ0n) is 38.9. The number of hydrogen-bond donors (Lipinski definition) is 1. The number of ether oxygens (including phenoxy) is 4. The monoisotopic (exact) mass is 988 g/mol. The maximum Gasteiger partial charge on any atom is 0.494 e. The Morgan fingerprint density at radius 2 is 1.03 bits per heavy atom. The fraction of sp³-hybridized carbons (Fsp3) is 0.250. The number of benzene rings is 2. The summed E-state index contributed by atoms with van der Waals surface area (Å²) in [6.45, 7) is 10.2. The Bertz CT molecular complexity index is 2990. The van der Waals surface area contributed by atoms with Crippen LogP contribution in [0.5, 0.6) is 17.2 Å². The Morgan fingerprint density at radius 3 is 1.50 bits per heavy atom.